The average molecular weight is 912 g/mol. The van der Waals surface area contributed by atoms with E-state index < -0.39 is 18.4 Å². The number of aryl methyl sites for hydroxylation is 2. The van der Waals surface area contributed by atoms with Crippen molar-refractivity contribution in [3.8, 4) is 11.5 Å². The number of Topliss-reactive ketones (excluding diaryl/α,β-unsaturated/α-hetero) is 2. The Morgan fingerprint density at radius 3 is 1.63 bits per heavy atom. The Balaban J connectivity index is 0.000000205. The molecule has 4 aromatic rings. The summed E-state index contributed by atoms with van der Waals surface area (Å²) >= 11 is 3.88. The second-order valence-electron chi connectivity index (χ2n) is 18.5. The van der Waals surface area contributed by atoms with Gasteiger partial charge in [-0.25, -0.2) is 24.3 Å². The topological polar surface area (TPSA) is 118 Å². The molecule has 6 rings (SSSR count). The van der Waals surface area contributed by atoms with E-state index in [-0.39, 0.29) is 39.3 Å². The first-order valence-corrected chi connectivity index (χ1v) is 30.0. The normalized spacial score (nSPS) is 13.4. The van der Waals surface area contributed by atoms with Gasteiger partial charge in [-0.2, -0.15) is 0 Å². The molecule has 4 aromatic heterocycles. The molecule has 4 heterocycles. The molecular formula is C43H59ClF2N8O2Sn. The Morgan fingerprint density at radius 2 is 1.18 bits per heavy atom. The molecule has 0 saturated carbocycles. The Morgan fingerprint density at radius 1 is 0.702 bits per heavy atom. The summed E-state index contributed by atoms with van der Waals surface area (Å²) in [6, 6.07) is 5.59. The maximum absolute atomic E-state index is 13.6. The van der Waals surface area contributed by atoms with Gasteiger partial charge in [0, 0.05) is 56.0 Å². The number of hydrogen-bond acceptors (Lipinski definition) is 10. The number of nitrogens with zero attached hydrogens (tertiary/aromatic N) is 8. The molecule has 0 spiro atoms. The summed E-state index contributed by atoms with van der Waals surface area (Å²) in [7, 11) is 3.78. The number of aromatic nitrogens is 6. The van der Waals surface area contributed by atoms with Crippen LogP contribution < -0.4 is 13.5 Å². The maximum atomic E-state index is 13.6. The van der Waals surface area contributed by atoms with Crippen molar-refractivity contribution >= 4 is 56.9 Å². The van der Waals surface area contributed by atoms with Gasteiger partial charge in [0.05, 0.1) is 18.8 Å². The molecule has 308 valence electrons. The van der Waals surface area contributed by atoms with Gasteiger partial charge in [0.2, 0.25) is 5.28 Å². The third kappa shape index (κ3) is 14.3. The Hall–Kier alpha value is -3.65. The van der Waals surface area contributed by atoms with Gasteiger partial charge >= 0.3 is 70.4 Å². The number of halogens is 3. The summed E-state index contributed by atoms with van der Waals surface area (Å²) in [5.41, 5.74) is 4.65. The predicted octanol–water partition coefficient (Wildman–Crippen LogP) is 8.43. The SMILES string of the molecule is CN(CC(=O)CC(C)(C)C)c1nc(-c2cc(F)ccn2)nc2c1CCC2.CN(CC(=O)CC(C)(C)C)c1nc(Cl)nc2c1CCC2.[CH3][Sn]([CH3])([CH3])[c]1cc(F)ccn1. The van der Waals surface area contributed by atoms with Gasteiger partial charge in [-0.15, -0.1) is 0 Å². The van der Waals surface area contributed by atoms with E-state index in [0.717, 1.165) is 76.4 Å². The first-order valence-electron chi connectivity index (χ1n) is 19.6. The molecule has 57 heavy (non-hydrogen) atoms. The zero-order valence-electron chi connectivity index (χ0n) is 35.6. The van der Waals surface area contributed by atoms with Crippen LogP contribution >= 0.6 is 11.6 Å². The summed E-state index contributed by atoms with van der Waals surface area (Å²) < 4.78 is 27.3. The molecular weight excluding hydrogens is 853 g/mol. The van der Waals surface area contributed by atoms with Crippen molar-refractivity contribution in [2.75, 3.05) is 37.0 Å². The number of carbonyl (C=O) groups excluding carboxylic acids is 2. The molecule has 14 heteroatoms. The fourth-order valence-corrected chi connectivity index (χ4v) is 9.99. The summed E-state index contributed by atoms with van der Waals surface area (Å²) in [6.45, 7) is 13.1. The van der Waals surface area contributed by atoms with Crippen LogP contribution in [0.2, 0.25) is 20.1 Å². The summed E-state index contributed by atoms with van der Waals surface area (Å²) in [6.07, 6.45) is 9.85. The van der Waals surface area contributed by atoms with Gasteiger partial charge < -0.3 is 9.80 Å². The van der Waals surface area contributed by atoms with E-state index in [2.05, 4.69) is 86.3 Å². The van der Waals surface area contributed by atoms with Crippen LogP contribution in [0.25, 0.3) is 11.5 Å². The number of ketones is 2. The number of rotatable bonds is 10. The first-order chi connectivity index (χ1) is 26.5. The average Bonchev–Trinajstić information content (AvgIpc) is 3.76. The molecule has 10 nitrogen and oxygen atoms in total. The van der Waals surface area contributed by atoms with Gasteiger partial charge in [0.15, 0.2) is 17.4 Å². The van der Waals surface area contributed by atoms with Crippen LogP contribution in [0, 0.1) is 22.5 Å². The van der Waals surface area contributed by atoms with Gasteiger partial charge in [-0.3, -0.25) is 14.6 Å². The van der Waals surface area contributed by atoms with Gasteiger partial charge in [0.1, 0.15) is 23.1 Å². The second-order valence-corrected chi connectivity index (χ2v) is 33.1. The zero-order valence-corrected chi connectivity index (χ0v) is 39.2. The van der Waals surface area contributed by atoms with Crippen molar-refractivity contribution < 1.29 is 18.4 Å². The fraction of sp³-hybridized carbons (Fsp3) is 0.535. The Kier molecular flexibility index (Phi) is 15.7. The monoisotopic (exact) mass is 912 g/mol. The quantitative estimate of drug-likeness (QED) is 0.113. The summed E-state index contributed by atoms with van der Waals surface area (Å²) in [5, 5.41) is 0.274. The molecule has 0 amide bonds. The number of pyridine rings is 2. The van der Waals surface area contributed by atoms with Crippen molar-refractivity contribution in [3.05, 3.63) is 76.1 Å². The third-order valence-corrected chi connectivity index (χ3v) is 14.6. The van der Waals surface area contributed by atoms with Gasteiger partial charge in [-0.05, 0) is 67.0 Å². The molecule has 0 aromatic carbocycles. The van der Waals surface area contributed by atoms with Crippen molar-refractivity contribution in [1.82, 2.24) is 29.9 Å². The Labute approximate surface area is 346 Å². The van der Waals surface area contributed by atoms with Crippen LogP contribution in [-0.4, -0.2) is 87.0 Å². The molecule has 0 aliphatic heterocycles. The van der Waals surface area contributed by atoms with E-state index in [1.165, 1.54) is 24.4 Å². The molecule has 0 N–H and O–H groups in total. The van der Waals surface area contributed by atoms with E-state index >= 15 is 0 Å². The third-order valence-electron chi connectivity index (χ3n) is 9.24. The van der Waals surface area contributed by atoms with Crippen LogP contribution in [0.15, 0.2) is 36.7 Å². The van der Waals surface area contributed by atoms with Crippen molar-refractivity contribution in [3.63, 3.8) is 0 Å². The molecule has 2 aliphatic rings. The van der Waals surface area contributed by atoms with Crippen molar-refractivity contribution in [2.45, 2.75) is 108 Å². The minimum absolute atomic E-state index is 0.0171. The number of hydrogen-bond donors (Lipinski definition) is 0. The molecule has 2 aliphatic carbocycles. The Bertz CT molecular complexity index is 2050. The van der Waals surface area contributed by atoms with E-state index in [4.69, 9.17) is 11.6 Å². The van der Waals surface area contributed by atoms with Crippen LogP contribution in [0.1, 0.15) is 89.7 Å². The van der Waals surface area contributed by atoms with Crippen molar-refractivity contribution in [2.24, 2.45) is 10.8 Å². The summed E-state index contributed by atoms with van der Waals surface area (Å²) in [4.78, 5) is 61.2. The molecule has 0 unspecified atom stereocenters. The number of anilines is 2. The molecule has 0 atom stereocenters. The van der Waals surface area contributed by atoms with Crippen molar-refractivity contribution in [1.29, 1.82) is 0 Å². The summed E-state index contributed by atoms with van der Waals surface area (Å²) in [5.74, 6) is 1.86. The number of fused-ring (bicyclic) bond motifs is 2. The number of carbonyl (C=O) groups is 2. The zero-order chi connectivity index (χ0) is 42.3. The van der Waals surface area contributed by atoms with E-state index in [1.807, 2.05) is 23.9 Å². The van der Waals surface area contributed by atoms with Crippen LogP contribution in [0.3, 0.4) is 0 Å². The molecule has 0 radical (unpaired) electrons. The minimum atomic E-state index is -2.11. The first kappa shape index (κ1) is 46.0. The molecule has 0 saturated heterocycles. The van der Waals surface area contributed by atoms with E-state index in [0.29, 0.717) is 37.4 Å². The predicted molar refractivity (Wildman–Crippen MR) is 228 cm³/mol. The van der Waals surface area contributed by atoms with Crippen LogP contribution in [0.5, 0.6) is 0 Å². The molecule has 0 bridgehead atoms. The van der Waals surface area contributed by atoms with Crippen LogP contribution in [-0.2, 0) is 35.3 Å². The van der Waals surface area contributed by atoms with E-state index in [9.17, 15) is 18.4 Å². The molecule has 0 fully saturated rings. The fourth-order valence-electron chi connectivity index (χ4n) is 6.86. The van der Waals surface area contributed by atoms with Gasteiger partial charge in [0.25, 0.3) is 0 Å². The standard InChI is InChI=1S/C20H25FN4O.C15H22ClN3O.C5H3FN.3CH3.Sn/c1-20(2,3)11-14(26)12-25(4)19-15-6-5-7-16(15)23-18(24-19)17-10-13(21)8-9-22-17;1-15(2,3)8-10(20)9-19(4)13-11-6-5-7-12(11)17-14(16)18-13;6-5-1-3-7-4-2-5;;;;/h8-10H,5-7,11-12H2,1-4H3;5-9H2,1-4H3;1-3H;3*1H3;. The second kappa shape index (κ2) is 19.4. The number of likely N-dealkylation sites (N-methyl/N-ethyl adjacent to an activating group) is 2. The van der Waals surface area contributed by atoms with Gasteiger partial charge in [-0.1, -0.05) is 41.5 Å². The van der Waals surface area contributed by atoms with Crippen LogP contribution in [0.4, 0.5) is 20.4 Å². The van der Waals surface area contributed by atoms with E-state index in [1.54, 1.807) is 12.3 Å².